The molecule has 0 unspecified atom stereocenters. The summed E-state index contributed by atoms with van der Waals surface area (Å²) in [5.74, 6) is -0.357. The minimum atomic E-state index is -0.357. The van der Waals surface area contributed by atoms with Crippen LogP contribution in [0.25, 0.3) is 0 Å². The van der Waals surface area contributed by atoms with E-state index in [0.29, 0.717) is 12.2 Å². The lowest BCUT2D eigenvalue weighted by Crippen LogP contribution is -2.33. The van der Waals surface area contributed by atoms with Gasteiger partial charge in [0.05, 0.1) is 5.69 Å². The number of pyridine rings is 1. The molecule has 0 fully saturated rings. The molecular weight excluding hydrogens is 430 g/mol. The SMILES string of the molecule is Cc1cc(Br)c(NC(=O)C(=S)NCc2cccnc2)c(Br)c1. The zero-order valence-electron chi connectivity index (χ0n) is 11.7. The lowest BCUT2D eigenvalue weighted by atomic mass is 10.2. The molecule has 1 aromatic heterocycles. The van der Waals surface area contributed by atoms with Crippen LogP contribution in [0.1, 0.15) is 11.1 Å². The number of nitrogens with zero attached hydrogens (tertiary/aromatic N) is 1. The molecule has 114 valence electrons. The second-order valence-electron chi connectivity index (χ2n) is 4.60. The van der Waals surface area contributed by atoms with Crippen LogP contribution in [-0.2, 0) is 11.3 Å². The van der Waals surface area contributed by atoms with Gasteiger partial charge in [-0.15, -0.1) is 0 Å². The molecular formula is C15H13Br2N3OS. The molecule has 2 aromatic rings. The van der Waals surface area contributed by atoms with Crippen LogP contribution in [0.4, 0.5) is 5.69 Å². The summed E-state index contributed by atoms with van der Waals surface area (Å²) in [5.41, 5.74) is 2.69. The molecule has 0 radical (unpaired) electrons. The van der Waals surface area contributed by atoms with Crippen LogP contribution in [0, 0.1) is 6.92 Å². The van der Waals surface area contributed by atoms with E-state index in [0.717, 1.165) is 20.1 Å². The summed E-state index contributed by atoms with van der Waals surface area (Å²) in [6, 6.07) is 7.59. The number of halogens is 2. The molecule has 2 N–H and O–H groups in total. The normalized spacial score (nSPS) is 10.1. The highest BCUT2D eigenvalue weighted by Gasteiger charge is 2.13. The maximum Gasteiger partial charge on any atom is 0.283 e. The van der Waals surface area contributed by atoms with Gasteiger partial charge >= 0.3 is 0 Å². The third-order valence-corrected chi connectivity index (χ3v) is 4.39. The van der Waals surface area contributed by atoms with Gasteiger partial charge in [-0.1, -0.05) is 18.3 Å². The molecule has 22 heavy (non-hydrogen) atoms. The Labute approximate surface area is 151 Å². The summed E-state index contributed by atoms with van der Waals surface area (Å²) >= 11 is 12.0. The lowest BCUT2D eigenvalue weighted by molar-refractivity contribution is -0.110. The molecule has 0 bridgehead atoms. The number of nitrogens with one attached hydrogen (secondary N) is 2. The highest BCUT2D eigenvalue weighted by molar-refractivity contribution is 9.11. The monoisotopic (exact) mass is 441 g/mol. The fourth-order valence-electron chi connectivity index (χ4n) is 1.75. The number of hydrogen-bond donors (Lipinski definition) is 2. The zero-order chi connectivity index (χ0) is 16.1. The molecule has 1 heterocycles. The number of anilines is 1. The van der Waals surface area contributed by atoms with Crippen molar-refractivity contribution >= 4 is 60.7 Å². The quantitative estimate of drug-likeness (QED) is 0.706. The Balaban J connectivity index is 1.99. The number of aromatic nitrogens is 1. The number of thiocarbonyl (C=S) groups is 1. The van der Waals surface area contributed by atoms with E-state index in [2.05, 4.69) is 47.5 Å². The van der Waals surface area contributed by atoms with E-state index >= 15 is 0 Å². The standard InChI is InChI=1S/C15H13Br2N3OS/c1-9-5-11(16)13(12(17)6-9)20-14(21)15(22)19-8-10-3-2-4-18-7-10/h2-7H,8H2,1H3,(H,19,22)(H,20,21). The second-order valence-corrected chi connectivity index (χ2v) is 6.72. The van der Waals surface area contributed by atoms with Gasteiger partial charge in [0.1, 0.15) is 0 Å². The molecule has 0 saturated carbocycles. The summed E-state index contributed by atoms with van der Waals surface area (Å²) in [4.78, 5) is 16.3. The molecule has 0 aliphatic heterocycles. The minimum absolute atomic E-state index is 0.128. The van der Waals surface area contributed by atoms with Gasteiger partial charge < -0.3 is 10.6 Å². The molecule has 0 spiro atoms. The highest BCUT2D eigenvalue weighted by atomic mass is 79.9. The Kier molecular flexibility index (Phi) is 6.05. The Morgan fingerprint density at radius 2 is 2.00 bits per heavy atom. The first-order valence-electron chi connectivity index (χ1n) is 6.41. The molecule has 0 aliphatic rings. The van der Waals surface area contributed by atoms with Crippen molar-refractivity contribution in [3.63, 3.8) is 0 Å². The number of amides is 1. The first-order chi connectivity index (χ1) is 10.5. The van der Waals surface area contributed by atoms with E-state index in [1.54, 1.807) is 12.4 Å². The first-order valence-corrected chi connectivity index (χ1v) is 8.40. The van der Waals surface area contributed by atoms with Crippen LogP contribution < -0.4 is 10.6 Å². The minimum Gasteiger partial charge on any atom is -0.368 e. The number of benzene rings is 1. The van der Waals surface area contributed by atoms with Crippen molar-refractivity contribution in [2.75, 3.05) is 5.32 Å². The molecule has 4 nitrogen and oxygen atoms in total. The Hall–Kier alpha value is -1.31. The van der Waals surface area contributed by atoms with Gasteiger partial charge in [0.15, 0.2) is 4.99 Å². The Morgan fingerprint density at radius 3 is 2.59 bits per heavy atom. The van der Waals surface area contributed by atoms with Crippen molar-refractivity contribution in [1.29, 1.82) is 0 Å². The fourth-order valence-corrected chi connectivity index (χ4v) is 3.49. The lowest BCUT2D eigenvalue weighted by Gasteiger charge is -2.12. The molecule has 1 aromatic carbocycles. The van der Waals surface area contributed by atoms with Crippen LogP contribution in [0.2, 0.25) is 0 Å². The maximum absolute atomic E-state index is 12.2. The summed E-state index contributed by atoms with van der Waals surface area (Å²) in [6.45, 7) is 2.43. The van der Waals surface area contributed by atoms with Gasteiger partial charge in [0, 0.05) is 27.9 Å². The van der Waals surface area contributed by atoms with E-state index in [-0.39, 0.29) is 10.9 Å². The fraction of sp³-hybridized carbons (Fsp3) is 0.133. The van der Waals surface area contributed by atoms with Crippen LogP contribution in [0.3, 0.4) is 0 Å². The van der Waals surface area contributed by atoms with Crippen molar-refractivity contribution in [3.8, 4) is 0 Å². The predicted molar refractivity (Wildman–Crippen MR) is 98.9 cm³/mol. The number of hydrogen-bond acceptors (Lipinski definition) is 3. The molecule has 2 rings (SSSR count). The van der Waals surface area contributed by atoms with E-state index < -0.39 is 0 Å². The summed E-state index contributed by atoms with van der Waals surface area (Å²) in [7, 11) is 0. The molecule has 0 aliphatic carbocycles. The number of carbonyl (C=O) groups is 1. The third kappa shape index (κ3) is 4.59. The molecule has 0 atom stereocenters. The predicted octanol–water partition coefficient (Wildman–Crippen LogP) is 3.97. The van der Waals surface area contributed by atoms with Gasteiger partial charge in [-0.3, -0.25) is 9.78 Å². The number of rotatable bonds is 3. The summed E-state index contributed by atoms with van der Waals surface area (Å²) in [6.07, 6.45) is 3.42. The highest BCUT2D eigenvalue weighted by Crippen LogP contribution is 2.32. The average Bonchev–Trinajstić information content (AvgIpc) is 2.49. The molecule has 1 amide bonds. The van der Waals surface area contributed by atoms with Crippen molar-refractivity contribution in [2.45, 2.75) is 13.5 Å². The van der Waals surface area contributed by atoms with Crippen LogP contribution in [-0.4, -0.2) is 15.9 Å². The largest absolute Gasteiger partial charge is 0.368 e. The zero-order valence-corrected chi connectivity index (χ0v) is 15.7. The van der Waals surface area contributed by atoms with Crippen molar-refractivity contribution in [2.24, 2.45) is 0 Å². The maximum atomic E-state index is 12.2. The van der Waals surface area contributed by atoms with E-state index in [9.17, 15) is 4.79 Å². The third-order valence-electron chi connectivity index (χ3n) is 2.81. The molecule has 7 heteroatoms. The van der Waals surface area contributed by atoms with Crippen molar-refractivity contribution in [3.05, 3.63) is 56.7 Å². The van der Waals surface area contributed by atoms with Crippen LogP contribution in [0.5, 0.6) is 0 Å². The van der Waals surface area contributed by atoms with E-state index in [1.165, 1.54) is 0 Å². The second kappa shape index (κ2) is 7.80. The molecule has 0 saturated heterocycles. The van der Waals surface area contributed by atoms with Gasteiger partial charge in [0.25, 0.3) is 5.91 Å². The summed E-state index contributed by atoms with van der Waals surface area (Å²) < 4.78 is 1.59. The first kappa shape index (κ1) is 17.1. The number of carbonyl (C=O) groups excluding carboxylic acids is 1. The van der Waals surface area contributed by atoms with Gasteiger partial charge in [0.2, 0.25) is 0 Å². The average molecular weight is 443 g/mol. The van der Waals surface area contributed by atoms with Crippen LogP contribution >= 0.6 is 44.1 Å². The van der Waals surface area contributed by atoms with E-state index in [1.807, 2.05) is 31.2 Å². The van der Waals surface area contributed by atoms with Gasteiger partial charge in [-0.25, -0.2) is 0 Å². The Bertz CT molecular complexity index is 684. The van der Waals surface area contributed by atoms with Crippen molar-refractivity contribution in [1.82, 2.24) is 10.3 Å². The summed E-state index contributed by atoms with van der Waals surface area (Å²) in [5, 5.41) is 5.71. The Morgan fingerprint density at radius 1 is 1.32 bits per heavy atom. The number of aryl methyl sites for hydroxylation is 1. The topological polar surface area (TPSA) is 54.0 Å². The smallest absolute Gasteiger partial charge is 0.283 e. The van der Waals surface area contributed by atoms with Gasteiger partial charge in [-0.2, -0.15) is 0 Å². The van der Waals surface area contributed by atoms with E-state index in [4.69, 9.17) is 12.2 Å². The van der Waals surface area contributed by atoms with Crippen LogP contribution in [0.15, 0.2) is 45.6 Å². The van der Waals surface area contributed by atoms with Crippen molar-refractivity contribution < 1.29 is 4.79 Å². The van der Waals surface area contributed by atoms with Gasteiger partial charge in [-0.05, 0) is 68.1 Å².